The molecule has 0 saturated heterocycles. The fourth-order valence-electron chi connectivity index (χ4n) is 2.16. The maximum atomic E-state index is 5.98. The molecule has 1 aromatic heterocycles. The van der Waals surface area contributed by atoms with Crippen LogP contribution >= 0.6 is 23.2 Å². The summed E-state index contributed by atoms with van der Waals surface area (Å²) in [4.78, 5) is 3.21. The molecule has 19 heavy (non-hydrogen) atoms. The minimum Gasteiger partial charge on any atom is -0.381 e. The molecule has 0 fully saturated rings. The zero-order valence-electron chi connectivity index (χ0n) is 10.1. The van der Waals surface area contributed by atoms with E-state index >= 15 is 0 Å². The summed E-state index contributed by atoms with van der Waals surface area (Å²) in [6.45, 7) is 0.728. The molecule has 4 heteroatoms. The van der Waals surface area contributed by atoms with Crippen LogP contribution in [0.3, 0.4) is 0 Å². The first-order valence-corrected chi connectivity index (χ1v) is 6.73. The van der Waals surface area contributed by atoms with Crippen LogP contribution in [-0.2, 0) is 6.54 Å². The Kier molecular flexibility index (Phi) is 3.36. The molecular weight excluding hydrogens is 279 g/mol. The number of nitrogens with one attached hydrogen (secondary N) is 2. The molecular formula is C15H12Cl2N2. The number of hydrogen-bond donors (Lipinski definition) is 2. The lowest BCUT2D eigenvalue weighted by Crippen LogP contribution is -1.99. The van der Waals surface area contributed by atoms with Crippen LogP contribution in [0.4, 0.5) is 5.69 Å². The van der Waals surface area contributed by atoms with Gasteiger partial charge in [-0.1, -0.05) is 35.3 Å². The van der Waals surface area contributed by atoms with Crippen molar-refractivity contribution in [3.63, 3.8) is 0 Å². The molecule has 3 aromatic rings. The van der Waals surface area contributed by atoms with Gasteiger partial charge in [-0.05, 0) is 35.9 Å². The fourth-order valence-corrected chi connectivity index (χ4v) is 2.68. The van der Waals surface area contributed by atoms with Gasteiger partial charge in [0.05, 0.1) is 0 Å². The van der Waals surface area contributed by atoms with Gasteiger partial charge in [-0.2, -0.15) is 0 Å². The van der Waals surface area contributed by atoms with E-state index in [1.165, 1.54) is 10.9 Å². The molecule has 0 atom stereocenters. The number of halogens is 2. The minimum atomic E-state index is 0.634. The van der Waals surface area contributed by atoms with Crippen molar-refractivity contribution in [2.45, 2.75) is 6.54 Å². The minimum absolute atomic E-state index is 0.634. The first-order chi connectivity index (χ1) is 9.22. The molecule has 0 radical (unpaired) electrons. The number of hydrogen-bond acceptors (Lipinski definition) is 1. The highest BCUT2D eigenvalue weighted by Gasteiger charge is 2.02. The third-order valence-electron chi connectivity index (χ3n) is 3.03. The van der Waals surface area contributed by atoms with Crippen LogP contribution in [0.2, 0.25) is 10.0 Å². The summed E-state index contributed by atoms with van der Waals surface area (Å²) in [5.41, 5.74) is 3.29. The highest BCUT2D eigenvalue weighted by molar-refractivity contribution is 6.35. The molecule has 0 spiro atoms. The van der Waals surface area contributed by atoms with Gasteiger partial charge in [0.25, 0.3) is 0 Å². The number of rotatable bonds is 3. The number of aromatic nitrogens is 1. The number of anilines is 1. The van der Waals surface area contributed by atoms with Crippen LogP contribution in [0.15, 0.2) is 48.7 Å². The molecule has 2 nitrogen and oxygen atoms in total. The Labute approximate surface area is 121 Å². The summed E-state index contributed by atoms with van der Waals surface area (Å²) in [6, 6.07) is 13.7. The summed E-state index contributed by atoms with van der Waals surface area (Å²) in [6.07, 6.45) is 1.95. The zero-order valence-corrected chi connectivity index (χ0v) is 11.6. The van der Waals surface area contributed by atoms with E-state index in [9.17, 15) is 0 Å². The van der Waals surface area contributed by atoms with Crippen molar-refractivity contribution in [3.8, 4) is 0 Å². The zero-order chi connectivity index (χ0) is 13.2. The van der Waals surface area contributed by atoms with Gasteiger partial charge in [0.15, 0.2) is 0 Å². The molecule has 0 aliphatic heterocycles. The fraction of sp³-hybridized carbons (Fsp3) is 0.0667. The third kappa shape index (κ3) is 2.70. The summed E-state index contributed by atoms with van der Waals surface area (Å²) >= 11 is 12.0. The third-order valence-corrected chi connectivity index (χ3v) is 3.47. The Morgan fingerprint density at radius 1 is 1.00 bits per heavy atom. The van der Waals surface area contributed by atoms with Crippen molar-refractivity contribution in [2.24, 2.45) is 0 Å². The van der Waals surface area contributed by atoms with Crippen molar-refractivity contribution < 1.29 is 0 Å². The van der Waals surface area contributed by atoms with Gasteiger partial charge in [0, 0.05) is 39.4 Å². The molecule has 2 aromatic carbocycles. The number of H-pyrrole nitrogens is 1. The van der Waals surface area contributed by atoms with E-state index in [4.69, 9.17) is 23.2 Å². The van der Waals surface area contributed by atoms with E-state index in [0.717, 1.165) is 17.7 Å². The Morgan fingerprint density at radius 2 is 1.79 bits per heavy atom. The lowest BCUT2D eigenvalue weighted by atomic mass is 10.1. The molecule has 0 bridgehead atoms. The summed E-state index contributed by atoms with van der Waals surface area (Å²) in [7, 11) is 0. The van der Waals surface area contributed by atoms with Crippen molar-refractivity contribution in [3.05, 3.63) is 64.3 Å². The average molecular weight is 291 g/mol. The summed E-state index contributed by atoms with van der Waals surface area (Å²) in [5, 5.41) is 5.84. The van der Waals surface area contributed by atoms with E-state index in [-0.39, 0.29) is 0 Å². The molecule has 2 N–H and O–H groups in total. The Morgan fingerprint density at radius 3 is 2.58 bits per heavy atom. The number of aromatic amines is 1. The van der Waals surface area contributed by atoms with E-state index in [0.29, 0.717) is 10.0 Å². The van der Waals surface area contributed by atoms with Gasteiger partial charge in [0.2, 0.25) is 0 Å². The molecule has 1 heterocycles. The predicted octanol–water partition coefficient (Wildman–Crippen LogP) is 5.09. The standard InChI is InChI=1S/C15H12Cl2N2/c16-11-6-12(17)8-13(7-11)19-9-10-2-1-3-15-14(10)4-5-18-15/h1-8,18-19H,9H2. The summed E-state index contributed by atoms with van der Waals surface area (Å²) in [5.74, 6) is 0. The van der Waals surface area contributed by atoms with Crippen LogP contribution in [-0.4, -0.2) is 4.98 Å². The largest absolute Gasteiger partial charge is 0.381 e. The van der Waals surface area contributed by atoms with Gasteiger partial charge in [-0.15, -0.1) is 0 Å². The second-order valence-electron chi connectivity index (χ2n) is 4.37. The predicted molar refractivity (Wildman–Crippen MR) is 82.1 cm³/mol. The summed E-state index contributed by atoms with van der Waals surface area (Å²) < 4.78 is 0. The molecule has 0 saturated carbocycles. The van der Waals surface area contributed by atoms with Crippen LogP contribution in [0, 0.1) is 0 Å². The molecule has 3 rings (SSSR count). The van der Waals surface area contributed by atoms with Crippen molar-refractivity contribution in [1.82, 2.24) is 4.98 Å². The van der Waals surface area contributed by atoms with E-state index in [1.54, 1.807) is 6.07 Å². The van der Waals surface area contributed by atoms with E-state index in [2.05, 4.69) is 28.5 Å². The molecule has 0 unspecified atom stereocenters. The second-order valence-corrected chi connectivity index (χ2v) is 5.24. The van der Waals surface area contributed by atoms with Gasteiger partial charge in [-0.25, -0.2) is 0 Å². The van der Waals surface area contributed by atoms with Crippen LogP contribution in [0.5, 0.6) is 0 Å². The SMILES string of the molecule is Clc1cc(Cl)cc(NCc2cccc3[nH]ccc23)c1. The molecule has 0 aliphatic carbocycles. The quantitative estimate of drug-likeness (QED) is 0.691. The van der Waals surface area contributed by atoms with Gasteiger partial charge >= 0.3 is 0 Å². The highest BCUT2D eigenvalue weighted by atomic mass is 35.5. The molecule has 0 aliphatic rings. The van der Waals surface area contributed by atoms with E-state index in [1.807, 2.05) is 24.4 Å². The Bertz CT molecular complexity index is 699. The normalized spacial score (nSPS) is 10.8. The number of benzene rings is 2. The highest BCUT2D eigenvalue weighted by Crippen LogP contribution is 2.24. The maximum Gasteiger partial charge on any atom is 0.0457 e. The van der Waals surface area contributed by atoms with Crippen molar-refractivity contribution >= 4 is 39.8 Å². The molecule has 96 valence electrons. The van der Waals surface area contributed by atoms with Crippen molar-refractivity contribution in [2.75, 3.05) is 5.32 Å². The molecule has 0 amide bonds. The van der Waals surface area contributed by atoms with Gasteiger partial charge in [0.1, 0.15) is 0 Å². The Hall–Kier alpha value is -1.64. The van der Waals surface area contributed by atoms with Gasteiger partial charge in [-0.3, -0.25) is 0 Å². The number of fused-ring (bicyclic) bond motifs is 1. The van der Waals surface area contributed by atoms with Gasteiger partial charge < -0.3 is 10.3 Å². The van der Waals surface area contributed by atoms with Crippen molar-refractivity contribution in [1.29, 1.82) is 0 Å². The average Bonchev–Trinajstić information content (AvgIpc) is 2.83. The van der Waals surface area contributed by atoms with Crippen LogP contribution in [0.25, 0.3) is 10.9 Å². The maximum absolute atomic E-state index is 5.98. The lowest BCUT2D eigenvalue weighted by Gasteiger charge is -2.08. The lowest BCUT2D eigenvalue weighted by molar-refractivity contribution is 1.17. The Balaban J connectivity index is 1.84. The smallest absolute Gasteiger partial charge is 0.0457 e. The first kappa shape index (κ1) is 12.4. The van der Waals surface area contributed by atoms with E-state index < -0.39 is 0 Å². The monoisotopic (exact) mass is 290 g/mol. The second kappa shape index (κ2) is 5.16. The van der Waals surface area contributed by atoms with Crippen LogP contribution in [0.1, 0.15) is 5.56 Å². The topological polar surface area (TPSA) is 27.8 Å². The van der Waals surface area contributed by atoms with Crippen LogP contribution < -0.4 is 5.32 Å². The first-order valence-electron chi connectivity index (χ1n) is 5.97.